The molecule has 2 aromatic rings. The molecule has 1 aliphatic heterocycles. The number of likely N-dealkylation sites (tertiary alicyclic amines) is 1. The molecule has 6 nitrogen and oxygen atoms in total. The summed E-state index contributed by atoms with van der Waals surface area (Å²) in [6, 6.07) is 12.3. The van der Waals surface area contributed by atoms with Gasteiger partial charge in [0.25, 0.3) is 5.69 Å². The molecule has 0 aliphatic carbocycles. The second-order valence-corrected chi connectivity index (χ2v) is 5.98. The van der Waals surface area contributed by atoms with Gasteiger partial charge in [0.05, 0.1) is 4.92 Å². The van der Waals surface area contributed by atoms with Crippen molar-refractivity contribution >= 4 is 5.69 Å². The number of ether oxygens (including phenoxy) is 1. The fraction of sp³-hybridized carbons (Fsp3) is 0.389. The van der Waals surface area contributed by atoms with Gasteiger partial charge in [-0.3, -0.25) is 15.1 Å². The summed E-state index contributed by atoms with van der Waals surface area (Å²) >= 11 is 0. The molecule has 0 atom stereocenters. The number of nitrogens with zero attached hydrogens (tertiary/aromatic N) is 3. The monoisotopic (exact) mass is 327 g/mol. The Balaban J connectivity index is 1.42. The number of piperidine rings is 1. The van der Waals surface area contributed by atoms with E-state index in [4.69, 9.17) is 4.74 Å². The van der Waals surface area contributed by atoms with E-state index in [2.05, 4.69) is 16.0 Å². The minimum Gasteiger partial charge on any atom is -0.490 e. The summed E-state index contributed by atoms with van der Waals surface area (Å²) < 4.78 is 5.94. The Morgan fingerprint density at radius 2 is 1.92 bits per heavy atom. The van der Waals surface area contributed by atoms with Crippen molar-refractivity contribution in [3.8, 4) is 5.75 Å². The molecule has 2 heterocycles. The molecule has 24 heavy (non-hydrogen) atoms. The Morgan fingerprint density at radius 3 is 2.54 bits per heavy atom. The molecule has 0 N–H and O–H groups in total. The summed E-state index contributed by atoms with van der Waals surface area (Å²) in [7, 11) is 0. The molecule has 1 saturated heterocycles. The molecule has 6 heteroatoms. The van der Waals surface area contributed by atoms with Crippen LogP contribution in [0.4, 0.5) is 5.69 Å². The highest BCUT2D eigenvalue weighted by atomic mass is 16.6. The van der Waals surface area contributed by atoms with Gasteiger partial charge in [-0.25, -0.2) is 0 Å². The number of nitro groups is 1. The van der Waals surface area contributed by atoms with Crippen LogP contribution < -0.4 is 4.74 Å². The van der Waals surface area contributed by atoms with Crippen LogP contribution in [0.25, 0.3) is 0 Å². The highest BCUT2D eigenvalue weighted by Crippen LogP contribution is 2.22. The van der Waals surface area contributed by atoms with Gasteiger partial charge in [-0.05, 0) is 37.1 Å². The van der Waals surface area contributed by atoms with E-state index in [9.17, 15) is 10.1 Å². The lowest BCUT2D eigenvalue weighted by molar-refractivity contribution is -0.384. The summed E-state index contributed by atoms with van der Waals surface area (Å²) in [5, 5.41) is 10.7. The molecule has 126 valence electrons. The van der Waals surface area contributed by atoms with Crippen LogP contribution in [-0.2, 0) is 6.42 Å². The Kier molecular flexibility index (Phi) is 5.38. The fourth-order valence-corrected chi connectivity index (χ4v) is 2.91. The normalized spacial score (nSPS) is 16.0. The largest absolute Gasteiger partial charge is 0.490 e. The van der Waals surface area contributed by atoms with E-state index in [0.717, 1.165) is 44.6 Å². The van der Waals surface area contributed by atoms with Crippen LogP contribution in [0.1, 0.15) is 18.5 Å². The number of pyridine rings is 1. The van der Waals surface area contributed by atoms with E-state index < -0.39 is 4.92 Å². The lowest BCUT2D eigenvalue weighted by Crippen LogP contribution is -2.39. The molecular weight excluding hydrogens is 306 g/mol. The van der Waals surface area contributed by atoms with Crippen LogP contribution in [0.3, 0.4) is 0 Å². The maximum absolute atomic E-state index is 10.7. The van der Waals surface area contributed by atoms with E-state index in [1.165, 1.54) is 12.1 Å². The number of non-ortho nitro benzene ring substituents is 1. The van der Waals surface area contributed by atoms with Gasteiger partial charge in [-0.15, -0.1) is 0 Å². The van der Waals surface area contributed by atoms with Crippen LogP contribution >= 0.6 is 0 Å². The van der Waals surface area contributed by atoms with Gasteiger partial charge in [0.1, 0.15) is 11.9 Å². The maximum atomic E-state index is 10.7. The van der Waals surface area contributed by atoms with Crippen molar-refractivity contribution < 1.29 is 9.66 Å². The van der Waals surface area contributed by atoms with Gasteiger partial charge in [-0.1, -0.05) is 6.07 Å². The van der Waals surface area contributed by atoms with Crippen molar-refractivity contribution in [2.45, 2.75) is 25.4 Å². The lowest BCUT2D eigenvalue weighted by Gasteiger charge is -2.32. The number of hydrogen-bond acceptors (Lipinski definition) is 5. The minimum atomic E-state index is -0.399. The third-order valence-corrected chi connectivity index (χ3v) is 4.30. The molecule has 1 aromatic carbocycles. The summed E-state index contributed by atoms with van der Waals surface area (Å²) in [4.78, 5) is 17.0. The SMILES string of the molecule is O=[N+]([O-])c1ccc(OC2CCN(CCc3ccccn3)CC2)cc1. The van der Waals surface area contributed by atoms with Crippen LogP contribution in [-0.4, -0.2) is 40.5 Å². The van der Waals surface area contributed by atoms with Crippen molar-refractivity contribution in [3.63, 3.8) is 0 Å². The standard InChI is InChI=1S/C18H21N3O3/c22-21(23)16-4-6-17(7-5-16)24-18-9-13-20(14-10-18)12-8-15-3-1-2-11-19-15/h1-7,11,18H,8-10,12-14H2. The number of nitro benzene ring substituents is 1. The zero-order chi connectivity index (χ0) is 16.8. The van der Waals surface area contributed by atoms with Gasteiger partial charge in [0, 0.05) is 50.1 Å². The van der Waals surface area contributed by atoms with Crippen molar-refractivity contribution in [2.75, 3.05) is 19.6 Å². The lowest BCUT2D eigenvalue weighted by atomic mass is 10.1. The third kappa shape index (κ3) is 4.52. The van der Waals surface area contributed by atoms with E-state index >= 15 is 0 Å². The fourth-order valence-electron chi connectivity index (χ4n) is 2.91. The zero-order valence-corrected chi connectivity index (χ0v) is 13.5. The van der Waals surface area contributed by atoms with E-state index in [-0.39, 0.29) is 11.8 Å². The summed E-state index contributed by atoms with van der Waals surface area (Å²) in [6.07, 6.45) is 4.92. The van der Waals surface area contributed by atoms with Crippen molar-refractivity contribution in [3.05, 3.63) is 64.5 Å². The Morgan fingerprint density at radius 1 is 1.17 bits per heavy atom. The third-order valence-electron chi connectivity index (χ3n) is 4.30. The first-order valence-corrected chi connectivity index (χ1v) is 8.24. The van der Waals surface area contributed by atoms with Crippen molar-refractivity contribution in [1.82, 2.24) is 9.88 Å². The number of aromatic nitrogens is 1. The number of hydrogen-bond donors (Lipinski definition) is 0. The highest BCUT2D eigenvalue weighted by Gasteiger charge is 2.20. The second kappa shape index (κ2) is 7.88. The predicted molar refractivity (Wildman–Crippen MR) is 91.1 cm³/mol. The average Bonchev–Trinajstić information content (AvgIpc) is 2.62. The maximum Gasteiger partial charge on any atom is 0.269 e. The van der Waals surface area contributed by atoms with Gasteiger partial charge >= 0.3 is 0 Å². The molecule has 1 aliphatic rings. The van der Waals surface area contributed by atoms with Crippen LogP contribution in [0.15, 0.2) is 48.7 Å². The van der Waals surface area contributed by atoms with Gasteiger partial charge in [0.15, 0.2) is 0 Å². The Bertz CT molecular complexity index is 653. The molecule has 1 aromatic heterocycles. The molecule has 1 fully saturated rings. The molecule has 0 radical (unpaired) electrons. The van der Waals surface area contributed by atoms with Crippen LogP contribution in [0, 0.1) is 10.1 Å². The topological polar surface area (TPSA) is 68.5 Å². The summed E-state index contributed by atoms with van der Waals surface area (Å²) in [5.41, 5.74) is 1.22. The van der Waals surface area contributed by atoms with Gasteiger partial charge in [0.2, 0.25) is 0 Å². The number of rotatable bonds is 6. The summed E-state index contributed by atoms with van der Waals surface area (Å²) in [5.74, 6) is 0.701. The molecule has 0 spiro atoms. The first-order valence-electron chi connectivity index (χ1n) is 8.24. The zero-order valence-electron chi connectivity index (χ0n) is 13.5. The second-order valence-electron chi connectivity index (χ2n) is 5.98. The first kappa shape index (κ1) is 16.4. The molecule has 0 unspecified atom stereocenters. The molecule has 3 rings (SSSR count). The number of benzene rings is 1. The van der Waals surface area contributed by atoms with E-state index in [0.29, 0.717) is 5.75 Å². The smallest absolute Gasteiger partial charge is 0.269 e. The van der Waals surface area contributed by atoms with Crippen LogP contribution in [0.2, 0.25) is 0 Å². The van der Waals surface area contributed by atoms with Crippen molar-refractivity contribution in [2.24, 2.45) is 0 Å². The molecular formula is C18H21N3O3. The van der Waals surface area contributed by atoms with Gasteiger partial charge in [-0.2, -0.15) is 0 Å². The quantitative estimate of drug-likeness (QED) is 0.602. The highest BCUT2D eigenvalue weighted by molar-refractivity contribution is 5.36. The predicted octanol–water partition coefficient (Wildman–Crippen LogP) is 3.08. The van der Waals surface area contributed by atoms with Crippen molar-refractivity contribution in [1.29, 1.82) is 0 Å². The van der Waals surface area contributed by atoms with Crippen LogP contribution in [0.5, 0.6) is 5.75 Å². The molecule has 0 saturated carbocycles. The Labute approximate surface area is 141 Å². The first-order chi connectivity index (χ1) is 11.7. The minimum absolute atomic E-state index is 0.0895. The molecule has 0 bridgehead atoms. The summed E-state index contributed by atoms with van der Waals surface area (Å²) in [6.45, 7) is 3.02. The Hall–Kier alpha value is -2.47. The average molecular weight is 327 g/mol. The van der Waals surface area contributed by atoms with E-state index in [1.807, 2.05) is 18.3 Å². The van der Waals surface area contributed by atoms with Gasteiger partial charge < -0.3 is 9.64 Å². The van der Waals surface area contributed by atoms with E-state index in [1.54, 1.807) is 12.1 Å². The molecule has 0 amide bonds.